The molecule has 0 fully saturated rings. The summed E-state index contributed by atoms with van der Waals surface area (Å²) in [6.07, 6.45) is 1.70. The molecule has 0 amide bonds. The SMILES string of the molecule is CCNc1nc(-c2ccc(Cl)c(Cl)c2)c2cn[nH]c2n1. The molecule has 2 aromatic heterocycles. The van der Waals surface area contributed by atoms with Crippen molar-refractivity contribution in [3.05, 3.63) is 34.4 Å². The number of fused-ring (bicyclic) bond motifs is 1. The summed E-state index contributed by atoms with van der Waals surface area (Å²) in [6.45, 7) is 2.72. The molecule has 0 atom stereocenters. The van der Waals surface area contributed by atoms with Crippen molar-refractivity contribution in [3.63, 3.8) is 0 Å². The van der Waals surface area contributed by atoms with Gasteiger partial charge in [-0.3, -0.25) is 5.10 Å². The van der Waals surface area contributed by atoms with Gasteiger partial charge >= 0.3 is 0 Å². The zero-order valence-corrected chi connectivity index (χ0v) is 12.1. The molecular weight excluding hydrogens is 297 g/mol. The summed E-state index contributed by atoms with van der Waals surface area (Å²) >= 11 is 12.0. The summed E-state index contributed by atoms with van der Waals surface area (Å²) in [6, 6.07) is 5.41. The topological polar surface area (TPSA) is 66.5 Å². The predicted molar refractivity (Wildman–Crippen MR) is 81.3 cm³/mol. The van der Waals surface area contributed by atoms with E-state index in [1.807, 2.05) is 13.0 Å². The zero-order chi connectivity index (χ0) is 14.1. The molecule has 3 aromatic rings. The van der Waals surface area contributed by atoms with Crippen molar-refractivity contribution >= 4 is 40.2 Å². The Morgan fingerprint density at radius 3 is 2.80 bits per heavy atom. The van der Waals surface area contributed by atoms with Crippen LogP contribution in [0.15, 0.2) is 24.4 Å². The van der Waals surface area contributed by atoms with E-state index < -0.39 is 0 Å². The van der Waals surface area contributed by atoms with Gasteiger partial charge in [-0.2, -0.15) is 10.1 Å². The molecule has 7 heteroatoms. The molecule has 20 heavy (non-hydrogen) atoms. The second-order valence-corrected chi connectivity index (χ2v) is 5.00. The lowest BCUT2D eigenvalue weighted by Gasteiger charge is -2.07. The number of benzene rings is 1. The first-order valence-electron chi connectivity index (χ1n) is 6.09. The number of nitrogens with zero attached hydrogens (tertiary/aromatic N) is 3. The number of hydrogen-bond acceptors (Lipinski definition) is 4. The average molecular weight is 308 g/mol. The van der Waals surface area contributed by atoms with Gasteiger partial charge in [-0.25, -0.2) is 4.98 Å². The Morgan fingerprint density at radius 1 is 1.20 bits per heavy atom. The van der Waals surface area contributed by atoms with Crippen molar-refractivity contribution in [2.24, 2.45) is 0 Å². The zero-order valence-electron chi connectivity index (χ0n) is 10.6. The molecular formula is C13H11Cl2N5. The highest BCUT2D eigenvalue weighted by Crippen LogP contribution is 2.31. The maximum Gasteiger partial charge on any atom is 0.225 e. The Morgan fingerprint density at radius 2 is 2.05 bits per heavy atom. The van der Waals surface area contributed by atoms with Gasteiger partial charge in [0.25, 0.3) is 0 Å². The molecule has 0 bridgehead atoms. The highest BCUT2D eigenvalue weighted by Gasteiger charge is 2.12. The quantitative estimate of drug-likeness (QED) is 0.773. The van der Waals surface area contributed by atoms with Crippen molar-refractivity contribution in [2.45, 2.75) is 6.92 Å². The van der Waals surface area contributed by atoms with Crippen LogP contribution in [0.1, 0.15) is 6.92 Å². The number of anilines is 1. The van der Waals surface area contributed by atoms with E-state index in [-0.39, 0.29) is 0 Å². The lowest BCUT2D eigenvalue weighted by molar-refractivity contribution is 1.07. The normalized spacial score (nSPS) is 10.9. The van der Waals surface area contributed by atoms with E-state index in [1.165, 1.54) is 0 Å². The maximum atomic E-state index is 6.08. The van der Waals surface area contributed by atoms with Crippen molar-refractivity contribution in [1.29, 1.82) is 0 Å². The van der Waals surface area contributed by atoms with Gasteiger partial charge < -0.3 is 5.32 Å². The van der Waals surface area contributed by atoms with Gasteiger partial charge in [0.05, 0.1) is 27.3 Å². The summed E-state index contributed by atoms with van der Waals surface area (Å²) in [5.74, 6) is 0.547. The number of aromatic amines is 1. The molecule has 0 spiro atoms. The van der Waals surface area contributed by atoms with E-state index in [9.17, 15) is 0 Å². The molecule has 3 rings (SSSR count). The summed E-state index contributed by atoms with van der Waals surface area (Å²) in [5.41, 5.74) is 2.31. The van der Waals surface area contributed by atoms with E-state index >= 15 is 0 Å². The minimum Gasteiger partial charge on any atom is -0.354 e. The Balaban J connectivity index is 2.22. The van der Waals surface area contributed by atoms with Crippen LogP contribution >= 0.6 is 23.2 Å². The molecule has 0 unspecified atom stereocenters. The van der Waals surface area contributed by atoms with Gasteiger partial charge in [-0.15, -0.1) is 0 Å². The summed E-state index contributed by atoms with van der Waals surface area (Å²) in [5, 5.41) is 11.8. The lowest BCUT2D eigenvalue weighted by Crippen LogP contribution is -2.03. The Labute approximate surface area is 125 Å². The fraction of sp³-hybridized carbons (Fsp3) is 0.154. The molecule has 0 saturated heterocycles. The monoisotopic (exact) mass is 307 g/mol. The van der Waals surface area contributed by atoms with E-state index in [1.54, 1.807) is 18.3 Å². The highest BCUT2D eigenvalue weighted by atomic mass is 35.5. The van der Waals surface area contributed by atoms with Gasteiger partial charge in [0, 0.05) is 12.1 Å². The van der Waals surface area contributed by atoms with Crippen LogP contribution in [0.5, 0.6) is 0 Å². The highest BCUT2D eigenvalue weighted by molar-refractivity contribution is 6.42. The van der Waals surface area contributed by atoms with Gasteiger partial charge in [0.1, 0.15) is 0 Å². The largest absolute Gasteiger partial charge is 0.354 e. The van der Waals surface area contributed by atoms with Crippen LogP contribution in [0.2, 0.25) is 10.0 Å². The third-order valence-electron chi connectivity index (χ3n) is 2.84. The minimum absolute atomic E-state index is 0.490. The maximum absolute atomic E-state index is 6.08. The van der Waals surface area contributed by atoms with Crippen LogP contribution in [0.4, 0.5) is 5.95 Å². The second-order valence-electron chi connectivity index (χ2n) is 4.19. The van der Waals surface area contributed by atoms with Crippen molar-refractivity contribution in [1.82, 2.24) is 20.2 Å². The van der Waals surface area contributed by atoms with Crippen LogP contribution in [0.3, 0.4) is 0 Å². The molecule has 0 aliphatic rings. The first-order valence-corrected chi connectivity index (χ1v) is 6.85. The van der Waals surface area contributed by atoms with Crippen molar-refractivity contribution in [2.75, 3.05) is 11.9 Å². The van der Waals surface area contributed by atoms with Crippen LogP contribution in [0.25, 0.3) is 22.3 Å². The van der Waals surface area contributed by atoms with Gasteiger partial charge in [0.15, 0.2) is 5.65 Å². The van der Waals surface area contributed by atoms with E-state index in [4.69, 9.17) is 23.2 Å². The van der Waals surface area contributed by atoms with Gasteiger partial charge in [-0.05, 0) is 19.1 Å². The molecule has 102 valence electrons. The van der Waals surface area contributed by atoms with Crippen LogP contribution in [-0.4, -0.2) is 26.7 Å². The molecule has 0 saturated carbocycles. The van der Waals surface area contributed by atoms with Gasteiger partial charge in [0.2, 0.25) is 5.95 Å². The first kappa shape index (κ1) is 13.1. The molecule has 2 N–H and O–H groups in total. The third kappa shape index (κ3) is 2.30. The lowest BCUT2D eigenvalue weighted by atomic mass is 10.1. The predicted octanol–water partition coefficient (Wildman–Crippen LogP) is 3.76. The molecule has 5 nitrogen and oxygen atoms in total. The Hall–Kier alpha value is -1.85. The number of rotatable bonds is 3. The number of hydrogen-bond donors (Lipinski definition) is 2. The fourth-order valence-electron chi connectivity index (χ4n) is 1.94. The van der Waals surface area contributed by atoms with Crippen molar-refractivity contribution < 1.29 is 0 Å². The third-order valence-corrected chi connectivity index (χ3v) is 3.58. The van der Waals surface area contributed by atoms with E-state index in [0.29, 0.717) is 21.6 Å². The van der Waals surface area contributed by atoms with Gasteiger partial charge in [-0.1, -0.05) is 29.3 Å². The molecule has 1 aromatic carbocycles. The number of aromatic nitrogens is 4. The summed E-state index contributed by atoms with van der Waals surface area (Å²) in [7, 11) is 0. The Kier molecular flexibility index (Phi) is 3.46. The summed E-state index contributed by atoms with van der Waals surface area (Å²) < 4.78 is 0. The smallest absolute Gasteiger partial charge is 0.225 e. The van der Waals surface area contributed by atoms with Crippen molar-refractivity contribution in [3.8, 4) is 11.3 Å². The molecule has 0 aliphatic heterocycles. The number of nitrogens with one attached hydrogen (secondary N) is 2. The average Bonchev–Trinajstić information content (AvgIpc) is 2.89. The minimum atomic E-state index is 0.490. The first-order chi connectivity index (χ1) is 9.69. The second kappa shape index (κ2) is 5.26. The van der Waals surface area contributed by atoms with Crippen LogP contribution in [0, 0.1) is 0 Å². The molecule has 2 heterocycles. The number of halogens is 2. The molecule has 0 aliphatic carbocycles. The molecule has 0 radical (unpaired) electrons. The Bertz CT molecular complexity index is 769. The summed E-state index contributed by atoms with van der Waals surface area (Å²) in [4.78, 5) is 8.87. The number of H-pyrrole nitrogens is 1. The standard InChI is InChI=1S/C13H11Cl2N5/c1-2-16-13-18-11(8-6-17-20-12(8)19-13)7-3-4-9(14)10(15)5-7/h3-6H,2H2,1H3,(H2,16,17,18,19,20). The fourth-order valence-corrected chi connectivity index (χ4v) is 2.23. The van der Waals surface area contributed by atoms with E-state index in [0.717, 1.165) is 23.2 Å². The van der Waals surface area contributed by atoms with Crippen LogP contribution in [-0.2, 0) is 0 Å². The van der Waals surface area contributed by atoms with Crippen LogP contribution < -0.4 is 5.32 Å². The van der Waals surface area contributed by atoms with E-state index in [2.05, 4.69) is 25.5 Å².